The summed E-state index contributed by atoms with van der Waals surface area (Å²) in [6, 6.07) is 12.3. The Bertz CT molecular complexity index is 1170. The second-order valence-corrected chi connectivity index (χ2v) is 6.46. The molecule has 3 aromatic rings. The van der Waals surface area contributed by atoms with Crippen molar-refractivity contribution in [2.75, 3.05) is 25.7 Å². The van der Waals surface area contributed by atoms with E-state index in [1.165, 1.54) is 6.07 Å². The van der Waals surface area contributed by atoms with Crippen LogP contribution in [0.3, 0.4) is 0 Å². The normalized spacial score (nSPS) is 14.2. The van der Waals surface area contributed by atoms with Crippen molar-refractivity contribution in [1.29, 1.82) is 5.26 Å². The van der Waals surface area contributed by atoms with Crippen LogP contribution in [-0.4, -0.2) is 24.3 Å². The molecule has 0 amide bonds. The molecular weight excluding hydrogens is 372 g/mol. The van der Waals surface area contributed by atoms with E-state index in [9.17, 15) is 10.4 Å². The molecular formula is C21H18N4O4. The van der Waals surface area contributed by atoms with E-state index in [1.807, 2.05) is 18.2 Å². The summed E-state index contributed by atoms with van der Waals surface area (Å²) in [6.45, 7) is 0. The summed E-state index contributed by atoms with van der Waals surface area (Å²) in [5.74, 6) is 1.17. The van der Waals surface area contributed by atoms with Gasteiger partial charge in [-0.1, -0.05) is 18.2 Å². The highest BCUT2D eigenvalue weighted by Crippen LogP contribution is 2.53. The third-order valence-corrected chi connectivity index (χ3v) is 4.93. The number of hydrogen-bond donors (Lipinski definition) is 3. The Balaban J connectivity index is 2.09. The molecule has 2 aromatic carbocycles. The number of fused-ring (bicyclic) bond motifs is 2. The van der Waals surface area contributed by atoms with Gasteiger partial charge in [0.05, 0.1) is 25.5 Å². The topological polar surface area (TPSA) is 137 Å². The minimum absolute atomic E-state index is 0.0243. The number of nitriles is 1. The van der Waals surface area contributed by atoms with Crippen LogP contribution in [0.2, 0.25) is 0 Å². The maximum absolute atomic E-state index is 9.93. The Hall–Kier alpha value is -4.12. The van der Waals surface area contributed by atoms with Crippen molar-refractivity contribution in [2.24, 2.45) is 0 Å². The van der Waals surface area contributed by atoms with Crippen molar-refractivity contribution in [3.8, 4) is 34.9 Å². The number of phenols is 1. The molecule has 1 aliphatic heterocycles. The number of anilines is 2. The highest BCUT2D eigenvalue weighted by molar-refractivity contribution is 5.76. The number of phenolic OH excluding ortho intramolecular Hbond substituents is 1. The number of nitrogens with zero attached hydrogens (tertiary/aromatic N) is 2. The number of aromatic nitrogens is 1. The Kier molecular flexibility index (Phi) is 4.28. The van der Waals surface area contributed by atoms with Gasteiger partial charge in [0.25, 0.3) is 0 Å². The summed E-state index contributed by atoms with van der Waals surface area (Å²) in [5, 5.41) is 19.4. The fraction of sp³-hybridized carbons (Fsp3) is 0.143. The Morgan fingerprint density at radius 2 is 1.93 bits per heavy atom. The monoisotopic (exact) mass is 390 g/mol. The maximum atomic E-state index is 9.93. The van der Waals surface area contributed by atoms with Crippen LogP contribution in [0.15, 0.2) is 36.4 Å². The van der Waals surface area contributed by atoms with Crippen molar-refractivity contribution in [3.05, 3.63) is 58.7 Å². The van der Waals surface area contributed by atoms with Crippen LogP contribution >= 0.6 is 0 Å². The highest BCUT2D eigenvalue weighted by Gasteiger charge is 2.36. The second-order valence-electron chi connectivity index (χ2n) is 6.46. The van der Waals surface area contributed by atoms with Crippen molar-refractivity contribution in [1.82, 2.24) is 4.98 Å². The van der Waals surface area contributed by atoms with Crippen LogP contribution in [0.5, 0.6) is 28.9 Å². The molecule has 0 bridgehead atoms. The number of rotatable bonds is 3. The number of nitrogens with two attached hydrogens (primary N) is 2. The summed E-state index contributed by atoms with van der Waals surface area (Å²) in [7, 11) is 3.10. The molecule has 8 nitrogen and oxygen atoms in total. The summed E-state index contributed by atoms with van der Waals surface area (Å²) < 4.78 is 17.0. The zero-order valence-electron chi connectivity index (χ0n) is 15.8. The third kappa shape index (κ3) is 2.72. The van der Waals surface area contributed by atoms with Crippen molar-refractivity contribution < 1.29 is 19.3 Å². The van der Waals surface area contributed by atoms with E-state index in [0.29, 0.717) is 22.8 Å². The first kappa shape index (κ1) is 18.3. The zero-order valence-corrected chi connectivity index (χ0v) is 15.8. The van der Waals surface area contributed by atoms with Gasteiger partial charge in [-0.3, -0.25) is 0 Å². The summed E-state index contributed by atoms with van der Waals surface area (Å²) in [4.78, 5) is 4.25. The van der Waals surface area contributed by atoms with E-state index in [4.69, 9.17) is 25.7 Å². The predicted molar refractivity (Wildman–Crippen MR) is 106 cm³/mol. The first-order chi connectivity index (χ1) is 14.0. The van der Waals surface area contributed by atoms with Gasteiger partial charge < -0.3 is 30.8 Å². The second kappa shape index (κ2) is 6.80. The number of para-hydroxylation sites is 1. The molecule has 2 heterocycles. The molecule has 0 saturated heterocycles. The van der Waals surface area contributed by atoms with Gasteiger partial charge in [0.2, 0.25) is 5.88 Å². The number of benzene rings is 2. The Morgan fingerprint density at radius 1 is 1.14 bits per heavy atom. The van der Waals surface area contributed by atoms with E-state index < -0.39 is 5.92 Å². The molecule has 0 aliphatic carbocycles. The van der Waals surface area contributed by atoms with Crippen LogP contribution in [0.1, 0.15) is 28.2 Å². The standard InChI is InChI=1S/C21H18N4O4/c1-27-14-5-3-4-12(19(14)28-2)16-11-7-6-10(26)8-15(11)29-21-17(16)18(23)13(9-22)20(24)25-21/h3-8,16,26H,1-2H3,(H4,23,24,25). The Morgan fingerprint density at radius 3 is 2.62 bits per heavy atom. The van der Waals surface area contributed by atoms with Crippen LogP contribution in [-0.2, 0) is 0 Å². The van der Waals surface area contributed by atoms with Crippen molar-refractivity contribution in [3.63, 3.8) is 0 Å². The molecule has 0 fully saturated rings. The average molecular weight is 390 g/mol. The van der Waals surface area contributed by atoms with Crippen LogP contribution < -0.4 is 25.7 Å². The number of ether oxygens (including phenoxy) is 3. The van der Waals surface area contributed by atoms with Gasteiger partial charge in [-0.2, -0.15) is 10.2 Å². The summed E-state index contributed by atoms with van der Waals surface area (Å²) >= 11 is 0. The number of nitrogen functional groups attached to an aromatic ring is 2. The maximum Gasteiger partial charge on any atom is 0.227 e. The van der Waals surface area contributed by atoms with Gasteiger partial charge in [0.1, 0.15) is 28.9 Å². The molecule has 1 atom stereocenters. The minimum atomic E-state index is -0.486. The number of aromatic hydroxyl groups is 1. The zero-order chi connectivity index (χ0) is 20.7. The average Bonchev–Trinajstić information content (AvgIpc) is 2.71. The van der Waals surface area contributed by atoms with Crippen LogP contribution in [0.4, 0.5) is 11.5 Å². The quantitative estimate of drug-likeness (QED) is 0.485. The van der Waals surface area contributed by atoms with Gasteiger partial charge in [0, 0.05) is 23.1 Å². The Labute approximate surface area is 166 Å². The van der Waals surface area contributed by atoms with E-state index in [0.717, 1.165) is 11.1 Å². The molecule has 146 valence electrons. The molecule has 1 aromatic heterocycles. The first-order valence-corrected chi connectivity index (χ1v) is 8.70. The van der Waals surface area contributed by atoms with Gasteiger partial charge in [-0.05, 0) is 12.1 Å². The number of hydrogen-bond acceptors (Lipinski definition) is 8. The molecule has 5 N–H and O–H groups in total. The SMILES string of the molecule is COc1cccc(C2c3ccc(O)cc3Oc3nc(N)c(C#N)c(N)c32)c1OC. The fourth-order valence-electron chi connectivity index (χ4n) is 3.66. The fourth-order valence-corrected chi connectivity index (χ4v) is 3.66. The molecule has 4 rings (SSSR count). The number of methoxy groups -OCH3 is 2. The van der Waals surface area contributed by atoms with Crippen molar-refractivity contribution in [2.45, 2.75) is 5.92 Å². The molecule has 0 radical (unpaired) electrons. The molecule has 1 aliphatic rings. The van der Waals surface area contributed by atoms with Gasteiger partial charge >= 0.3 is 0 Å². The molecule has 0 saturated carbocycles. The third-order valence-electron chi connectivity index (χ3n) is 4.93. The van der Waals surface area contributed by atoms with Gasteiger partial charge in [0.15, 0.2) is 11.5 Å². The van der Waals surface area contributed by atoms with Gasteiger partial charge in [-0.25, -0.2) is 0 Å². The van der Waals surface area contributed by atoms with E-state index >= 15 is 0 Å². The summed E-state index contributed by atoms with van der Waals surface area (Å²) in [5.41, 5.74) is 14.5. The van der Waals surface area contributed by atoms with Crippen LogP contribution in [0.25, 0.3) is 0 Å². The van der Waals surface area contributed by atoms with Crippen molar-refractivity contribution >= 4 is 11.5 Å². The lowest BCUT2D eigenvalue weighted by atomic mass is 9.81. The van der Waals surface area contributed by atoms with Crippen LogP contribution in [0, 0.1) is 11.3 Å². The lowest BCUT2D eigenvalue weighted by molar-refractivity contribution is 0.350. The van der Waals surface area contributed by atoms with E-state index in [-0.39, 0.29) is 28.7 Å². The first-order valence-electron chi connectivity index (χ1n) is 8.70. The largest absolute Gasteiger partial charge is 0.508 e. The van der Waals surface area contributed by atoms with E-state index in [2.05, 4.69) is 4.98 Å². The minimum Gasteiger partial charge on any atom is -0.508 e. The number of pyridine rings is 1. The lowest BCUT2D eigenvalue weighted by Crippen LogP contribution is -2.18. The highest BCUT2D eigenvalue weighted by atomic mass is 16.5. The van der Waals surface area contributed by atoms with E-state index in [1.54, 1.807) is 32.4 Å². The smallest absolute Gasteiger partial charge is 0.227 e. The summed E-state index contributed by atoms with van der Waals surface area (Å²) in [6.07, 6.45) is 0. The predicted octanol–water partition coefficient (Wildman–Crippen LogP) is 3.13. The molecule has 1 unspecified atom stereocenters. The lowest BCUT2D eigenvalue weighted by Gasteiger charge is -2.30. The molecule has 0 spiro atoms. The molecule has 8 heteroatoms. The molecule has 29 heavy (non-hydrogen) atoms. The van der Waals surface area contributed by atoms with Gasteiger partial charge in [-0.15, -0.1) is 0 Å².